The van der Waals surface area contributed by atoms with Gasteiger partial charge >= 0.3 is 0 Å². The van der Waals surface area contributed by atoms with Crippen LogP contribution in [-0.2, 0) is 11.3 Å². The highest BCUT2D eigenvalue weighted by atomic mass is 79.9. The third kappa shape index (κ3) is 3.41. The third-order valence-corrected chi connectivity index (χ3v) is 4.28. The quantitative estimate of drug-likeness (QED) is 0.768. The number of nitrogens with one attached hydrogen (secondary N) is 1. The first-order chi connectivity index (χ1) is 11.6. The maximum Gasteiger partial charge on any atom is 0.261 e. The molecule has 1 aromatic heterocycles. The zero-order valence-electron chi connectivity index (χ0n) is 12.8. The van der Waals surface area contributed by atoms with E-state index in [4.69, 9.17) is 4.42 Å². The van der Waals surface area contributed by atoms with E-state index in [9.17, 15) is 14.4 Å². The van der Waals surface area contributed by atoms with Crippen LogP contribution < -0.4 is 5.32 Å². The summed E-state index contributed by atoms with van der Waals surface area (Å²) in [5, 5.41) is 2.76. The summed E-state index contributed by atoms with van der Waals surface area (Å²) < 4.78 is 5.67. The predicted molar refractivity (Wildman–Crippen MR) is 89.3 cm³/mol. The van der Waals surface area contributed by atoms with E-state index < -0.39 is 0 Å². The van der Waals surface area contributed by atoms with Crippen molar-refractivity contribution in [2.24, 2.45) is 0 Å². The van der Waals surface area contributed by atoms with E-state index >= 15 is 0 Å². The van der Waals surface area contributed by atoms with Crippen molar-refractivity contribution in [1.29, 1.82) is 0 Å². The molecule has 0 fully saturated rings. The van der Waals surface area contributed by atoms with Crippen LogP contribution in [0.4, 0.5) is 0 Å². The van der Waals surface area contributed by atoms with E-state index in [-0.39, 0.29) is 30.7 Å². The molecule has 24 heavy (non-hydrogen) atoms. The molecule has 2 heterocycles. The van der Waals surface area contributed by atoms with Crippen molar-refractivity contribution in [3.63, 3.8) is 0 Å². The lowest BCUT2D eigenvalue weighted by atomic mass is 10.1. The van der Waals surface area contributed by atoms with Crippen LogP contribution in [0, 0.1) is 0 Å². The van der Waals surface area contributed by atoms with Gasteiger partial charge in [-0.15, -0.1) is 0 Å². The number of carbonyl (C=O) groups excluding carboxylic acids is 3. The Hall–Kier alpha value is -2.41. The third-order valence-electron chi connectivity index (χ3n) is 3.79. The minimum atomic E-state index is -0.310. The molecule has 0 saturated heterocycles. The number of hydrogen-bond donors (Lipinski definition) is 1. The first-order valence-electron chi connectivity index (χ1n) is 7.50. The zero-order valence-corrected chi connectivity index (χ0v) is 14.3. The molecule has 3 rings (SSSR count). The van der Waals surface area contributed by atoms with Gasteiger partial charge in [-0.2, -0.15) is 0 Å². The number of hydrogen-bond acceptors (Lipinski definition) is 4. The largest absolute Gasteiger partial charge is 0.472 e. The molecule has 0 saturated carbocycles. The van der Waals surface area contributed by atoms with Crippen molar-refractivity contribution in [3.8, 4) is 0 Å². The van der Waals surface area contributed by atoms with E-state index in [2.05, 4.69) is 21.2 Å². The monoisotopic (exact) mass is 390 g/mol. The van der Waals surface area contributed by atoms with Crippen molar-refractivity contribution in [3.05, 3.63) is 58.0 Å². The van der Waals surface area contributed by atoms with Gasteiger partial charge in [-0.05, 0) is 30.7 Å². The molecule has 0 atom stereocenters. The highest BCUT2D eigenvalue weighted by molar-refractivity contribution is 9.10. The fourth-order valence-corrected chi connectivity index (χ4v) is 2.91. The molecule has 0 bridgehead atoms. The topological polar surface area (TPSA) is 79.6 Å². The summed E-state index contributed by atoms with van der Waals surface area (Å²) in [6.45, 7) is 0.624. The highest BCUT2D eigenvalue weighted by Gasteiger charge is 2.35. The minimum absolute atomic E-state index is 0.129. The Morgan fingerprint density at radius 1 is 1.17 bits per heavy atom. The number of rotatable bonds is 6. The molecule has 0 radical (unpaired) electrons. The molecule has 1 N–H and O–H groups in total. The molecule has 7 heteroatoms. The van der Waals surface area contributed by atoms with Gasteiger partial charge in [0.05, 0.1) is 23.7 Å². The van der Waals surface area contributed by atoms with Crippen molar-refractivity contribution in [1.82, 2.24) is 10.2 Å². The van der Waals surface area contributed by atoms with Gasteiger partial charge in [-0.25, -0.2) is 0 Å². The van der Waals surface area contributed by atoms with Gasteiger partial charge in [0.25, 0.3) is 11.8 Å². The van der Waals surface area contributed by atoms with Gasteiger partial charge in [0.1, 0.15) is 0 Å². The van der Waals surface area contributed by atoms with Crippen LogP contribution in [0.5, 0.6) is 0 Å². The zero-order chi connectivity index (χ0) is 17.1. The van der Waals surface area contributed by atoms with Crippen molar-refractivity contribution in [2.45, 2.75) is 19.4 Å². The lowest BCUT2D eigenvalue weighted by Crippen LogP contribution is -2.32. The van der Waals surface area contributed by atoms with Crippen LogP contribution in [-0.4, -0.2) is 29.2 Å². The number of fused-ring (bicyclic) bond motifs is 1. The Bertz CT molecular complexity index is 786. The number of halogens is 1. The van der Waals surface area contributed by atoms with Crippen LogP contribution in [0.3, 0.4) is 0 Å². The average molecular weight is 391 g/mol. The summed E-state index contributed by atoms with van der Waals surface area (Å²) in [4.78, 5) is 37.5. The Kier molecular flexibility index (Phi) is 4.80. The van der Waals surface area contributed by atoms with Crippen molar-refractivity contribution >= 4 is 33.7 Å². The second-order valence-electron chi connectivity index (χ2n) is 5.46. The van der Waals surface area contributed by atoms with Crippen LogP contribution in [0.25, 0.3) is 0 Å². The maximum atomic E-state index is 12.3. The smallest absolute Gasteiger partial charge is 0.261 e. The van der Waals surface area contributed by atoms with Gasteiger partial charge in [-0.1, -0.05) is 15.9 Å². The molecule has 0 aliphatic carbocycles. The van der Waals surface area contributed by atoms with E-state index in [1.54, 1.807) is 36.8 Å². The summed E-state index contributed by atoms with van der Waals surface area (Å²) in [6, 6.07) is 6.79. The Morgan fingerprint density at radius 2 is 1.96 bits per heavy atom. The molecule has 1 aliphatic rings. The number of amides is 3. The summed E-state index contributed by atoms with van der Waals surface area (Å²) in [7, 11) is 0. The SMILES string of the molecule is O=C(CCCN1C(=O)c2ccc(Br)cc2C1=O)NCc1ccoc1. The molecule has 0 unspecified atom stereocenters. The molecule has 124 valence electrons. The molecular weight excluding hydrogens is 376 g/mol. The van der Waals surface area contributed by atoms with Gasteiger partial charge < -0.3 is 9.73 Å². The molecule has 1 aliphatic heterocycles. The average Bonchev–Trinajstić information content (AvgIpc) is 3.16. The molecule has 0 spiro atoms. The Morgan fingerprint density at radius 3 is 2.71 bits per heavy atom. The summed E-state index contributed by atoms with van der Waals surface area (Å²) in [5.41, 5.74) is 1.70. The normalized spacial score (nSPS) is 13.3. The Labute approximate surface area is 146 Å². The first kappa shape index (κ1) is 16.4. The lowest BCUT2D eigenvalue weighted by molar-refractivity contribution is -0.121. The van der Waals surface area contributed by atoms with Crippen molar-refractivity contribution < 1.29 is 18.8 Å². The van der Waals surface area contributed by atoms with Gasteiger partial charge in [0.15, 0.2) is 0 Å². The number of benzene rings is 1. The Balaban J connectivity index is 1.50. The fourth-order valence-electron chi connectivity index (χ4n) is 2.55. The molecular formula is C17H15BrN2O4. The maximum absolute atomic E-state index is 12.3. The molecule has 2 aromatic rings. The van der Waals surface area contributed by atoms with Crippen LogP contribution >= 0.6 is 15.9 Å². The van der Waals surface area contributed by atoms with E-state index in [0.29, 0.717) is 24.1 Å². The summed E-state index contributed by atoms with van der Waals surface area (Å²) in [6.07, 6.45) is 3.78. The van der Waals surface area contributed by atoms with E-state index in [1.165, 1.54) is 4.90 Å². The first-order valence-corrected chi connectivity index (χ1v) is 8.29. The van der Waals surface area contributed by atoms with Gasteiger partial charge in [0, 0.05) is 29.5 Å². The van der Waals surface area contributed by atoms with Crippen LogP contribution in [0.1, 0.15) is 39.1 Å². The number of furan rings is 1. The minimum Gasteiger partial charge on any atom is -0.472 e. The predicted octanol–water partition coefficient (Wildman–Crippen LogP) is 2.73. The number of nitrogens with zero attached hydrogens (tertiary/aromatic N) is 1. The second kappa shape index (κ2) is 7.00. The van der Waals surface area contributed by atoms with Gasteiger partial charge in [-0.3, -0.25) is 19.3 Å². The fraction of sp³-hybridized carbons (Fsp3) is 0.235. The van der Waals surface area contributed by atoms with E-state index in [0.717, 1.165) is 10.0 Å². The van der Waals surface area contributed by atoms with Crippen LogP contribution in [0.15, 0.2) is 45.7 Å². The lowest BCUT2D eigenvalue weighted by Gasteiger charge is -2.13. The molecule has 3 amide bonds. The summed E-state index contributed by atoms with van der Waals surface area (Å²) in [5.74, 6) is -0.744. The molecule has 6 nitrogen and oxygen atoms in total. The van der Waals surface area contributed by atoms with Gasteiger partial charge in [0.2, 0.25) is 5.91 Å². The standard InChI is InChI=1S/C17H15BrN2O4/c18-12-3-4-13-14(8-12)17(23)20(16(13)22)6-1-2-15(21)19-9-11-5-7-24-10-11/h3-5,7-8,10H,1-2,6,9H2,(H,19,21). The number of imide groups is 1. The number of carbonyl (C=O) groups is 3. The summed E-state index contributed by atoms with van der Waals surface area (Å²) >= 11 is 3.30. The highest BCUT2D eigenvalue weighted by Crippen LogP contribution is 2.26. The second-order valence-corrected chi connectivity index (χ2v) is 6.38. The van der Waals surface area contributed by atoms with E-state index in [1.807, 2.05) is 0 Å². The molecule has 1 aromatic carbocycles. The van der Waals surface area contributed by atoms with Crippen molar-refractivity contribution in [2.75, 3.05) is 6.54 Å². The van der Waals surface area contributed by atoms with Crippen LogP contribution in [0.2, 0.25) is 0 Å².